The van der Waals surface area contributed by atoms with Crippen LogP contribution in [0.1, 0.15) is 18.4 Å². The molecule has 0 aromatic heterocycles. The van der Waals surface area contributed by atoms with Gasteiger partial charge in [0.25, 0.3) is 0 Å². The van der Waals surface area contributed by atoms with Crippen molar-refractivity contribution < 1.29 is 32.3 Å². The molecule has 0 saturated carbocycles. The quantitative estimate of drug-likeness (QED) is 0.245. The van der Waals surface area contributed by atoms with E-state index >= 15 is 0 Å². The van der Waals surface area contributed by atoms with Crippen LogP contribution in [0.3, 0.4) is 0 Å². The van der Waals surface area contributed by atoms with Gasteiger partial charge in [-0.2, -0.15) is 0 Å². The van der Waals surface area contributed by atoms with Gasteiger partial charge in [-0.05, 0) is 42.7 Å². The number of hydrogen-bond acceptors (Lipinski definition) is 3. The van der Waals surface area contributed by atoms with Crippen molar-refractivity contribution in [2.45, 2.75) is 25.4 Å². The van der Waals surface area contributed by atoms with Gasteiger partial charge in [-0.25, -0.2) is 23.0 Å². The molecule has 2 aromatic rings. The number of carbonyl (C=O) groups excluding carboxylic acids is 1. The fourth-order valence-electron chi connectivity index (χ4n) is 2.04. The summed E-state index contributed by atoms with van der Waals surface area (Å²) >= 11 is 5.78. The summed E-state index contributed by atoms with van der Waals surface area (Å²) in [4.78, 5) is 11.0. The van der Waals surface area contributed by atoms with Gasteiger partial charge in [-0.3, -0.25) is 10.0 Å². The lowest BCUT2D eigenvalue weighted by molar-refractivity contribution is -0.131. The summed E-state index contributed by atoms with van der Waals surface area (Å²) in [7, 11) is 1.55. The van der Waals surface area contributed by atoms with Crippen molar-refractivity contribution >= 4 is 17.5 Å². The lowest BCUT2D eigenvalue weighted by Crippen LogP contribution is -2.25. The Labute approximate surface area is 158 Å². The maximum absolute atomic E-state index is 12.0. The van der Waals surface area contributed by atoms with Gasteiger partial charge >= 0.3 is 0 Å². The van der Waals surface area contributed by atoms with Gasteiger partial charge in [0, 0.05) is 12.1 Å². The van der Waals surface area contributed by atoms with Crippen LogP contribution in [0, 0.1) is 23.3 Å². The first kappa shape index (κ1) is 22.9. The summed E-state index contributed by atoms with van der Waals surface area (Å²) < 4.78 is 53.1. The standard InChI is InChI=1S/C12H16ClNO3.C6H2F4/c1-17-11(8-12(15)14-16)7-4-9-2-5-10(13)6-3-9;7-3-1-2-4(8)6(10)5(3)9/h2-3,5-6,11,16H,4,7-8H2,1H3,(H,14,15);1-2H. The molecule has 1 unspecified atom stereocenters. The van der Waals surface area contributed by atoms with Crippen LogP contribution in [-0.4, -0.2) is 24.3 Å². The van der Waals surface area contributed by atoms with E-state index in [1.54, 1.807) is 12.6 Å². The molecular weight excluding hydrogens is 390 g/mol. The molecule has 0 saturated heterocycles. The molecule has 9 heteroatoms. The highest BCUT2D eigenvalue weighted by Crippen LogP contribution is 2.14. The van der Waals surface area contributed by atoms with Crippen LogP contribution in [0.4, 0.5) is 17.6 Å². The van der Waals surface area contributed by atoms with E-state index in [2.05, 4.69) is 0 Å². The molecule has 0 radical (unpaired) electrons. The van der Waals surface area contributed by atoms with E-state index in [0.717, 1.165) is 12.0 Å². The molecule has 0 spiro atoms. The highest BCUT2D eigenvalue weighted by Gasteiger charge is 2.13. The minimum atomic E-state index is -1.78. The molecule has 1 amide bonds. The number of aryl methyl sites for hydroxylation is 1. The Balaban J connectivity index is 0.000000309. The average molecular weight is 408 g/mol. The third-order valence-corrected chi connectivity index (χ3v) is 3.78. The normalized spacial score (nSPS) is 11.4. The van der Waals surface area contributed by atoms with Crippen LogP contribution >= 0.6 is 11.6 Å². The molecular formula is C18H18ClF4NO3. The molecule has 0 aliphatic rings. The number of halogens is 5. The van der Waals surface area contributed by atoms with Gasteiger partial charge in [0.05, 0.1) is 12.5 Å². The predicted octanol–water partition coefficient (Wildman–Crippen LogP) is 4.43. The second kappa shape index (κ2) is 11.5. The summed E-state index contributed by atoms with van der Waals surface area (Å²) in [5.41, 5.74) is 2.74. The number of methoxy groups -OCH3 is 1. The molecule has 0 aliphatic carbocycles. The molecule has 4 nitrogen and oxygen atoms in total. The minimum Gasteiger partial charge on any atom is -0.381 e. The number of hydroxylamine groups is 1. The van der Waals surface area contributed by atoms with E-state index in [9.17, 15) is 22.4 Å². The molecule has 0 heterocycles. The van der Waals surface area contributed by atoms with E-state index in [1.807, 2.05) is 24.3 Å². The molecule has 0 bridgehead atoms. The monoisotopic (exact) mass is 407 g/mol. The van der Waals surface area contributed by atoms with Gasteiger partial charge in [-0.15, -0.1) is 0 Å². The van der Waals surface area contributed by atoms with Gasteiger partial charge in [0.2, 0.25) is 5.91 Å². The van der Waals surface area contributed by atoms with E-state index in [-0.39, 0.29) is 12.5 Å². The van der Waals surface area contributed by atoms with Crippen LogP contribution in [0.2, 0.25) is 5.02 Å². The van der Waals surface area contributed by atoms with Crippen LogP contribution in [0.5, 0.6) is 0 Å². The highest BCUT2D eigenvalue weighted by molar-refractivity contribution is 6.30. The second-order valence-corrected chi connectivity index (χ2v) is 5.86. The molecule has 148 valence electrons. The summed E-state index contributed by atoms with van der Waals surface area (Å²) in [5, 5.41) is 9.13. The number of nitrogens with one attached hydrogen (secondary N) is 1. The van der Waals surface area contributed by atoms with E-state index < -0.39 is 29.2 Å². The van der Waals surface area contributed by atoms with Gasteiger partial charge < -0.3 is 4.74 Å². The number of hydrogen-bond donors (Lipinski definition) is 2. The molecule has 1 atom stereocenters. The predicted molar refractivity (Wildman–Crippen MR) is 91.4 cm³/mol. The summed E-state index contributed by atoms with van der Waals surface area (Å²) in [6.45, 7) is 0. The number of rotatable bonds is 6. The Kier molecular flexibility index (Phi) is 9.77. The van der Waals surface area contributed by atoms with Crippen molar-refractivity contribution in [1.29, 1.82) is 0 Å². The fraction of sp³-hybridized carbons (Fsp3) is 0.278. The Bertz CT molecular complexity index is 717. The van der Waals surface area contributed by atoms with E-state index in [1.165, 1.54) is 0 Å². The summed E-state index contributed by atoms with van der Waals surface area (Å²) in [6, 6.07) is 8.60. The fourth-order valence-corrected chi connectivity index (χ4v) is 2.16. The largest absolute Gasteiger partial charge is 0.381 e. The molecule has 2 aromatic carbocycles. The number of carbonyl (C=O) groups is 1. The first-order valence-corrected chi connectivity index (χ1v) is 8.15. The Hall–Kier alpha value is -2.16. The molecule has 2 N–H and O–H groups in total. The third-order valence-electron chi connectivity index (χ3n) is 3.53. The Morgan fingerprint density at radius 1 is 1.07 bits per heavy atom. The lowest BCUT2D eigenvalue weighted by Gasteiger charge is -2.13. The minimum absolute atomic E-state index is 0.153. The van der Waals surface area contributed by atoms with E-state index in [0.29, 0.717) is 23.6 Å². The summed E-state index contributed by atoms with van der Waals surface area (Å²) in [6.07, 6.45) is 1.47. The molecule has 0 aliphatic heterocycles. The van der Waals surface area contributed by atoms with Crippen molar-refractivity contribution in [3.05, 3.63) is 70.3 Å². The number of benzene rings is 2. The second-order valence-electron chi connectivity index (χ2n) is 5.42. The van der Waals surface area contributed by atoms with Crippen molar-refractivity contribution in [1.82, 2.24) is 5.48 Å². The SMILES string of the molecule is COC(CCc1ccc(Cl)cc1)CC(=O)NO.Fc1ccc(F)c(F)c1F. The average Bonchev–Trinajstić information content (AvgIpc) is 2.68. The molecule has 0 fully saturated rings. The Morgan fingerprint density at radius 2 is 1.59 bits per heavy atom. The number of ether oxygens (including phenoxy) is 1. The zero-order chi connectivity index (χ0) is 20.4. The zero-order valence-electron chi connectivity index (χ0n) is 14.3. The van der Waals surface area contributed by atoms with E-state index in [4.69, 9.17) is 21.5 Å². The maximum Gasteiger partial charge on any atom is 0.245 e. The first-order chi connectivity index (χ1) is 12.8. The maximum atomic E-state index is 12.0. The highest BCUT2D eigenvalue weighted by atomic mass is 35.5. The van der Waals surface area contributed by atoms with Crippen LogP contribution in [0.15, 0.2) is 36.4 Å². The third kappa shape index (κ3) is 7.94. The van der Waals surface area contributed by atoms with Crippen LogP contribution < -0.4 is 5.48 Å². The Morgan fingerprint density at radius 3 is 2.04 bits per heavy atom. The molecule has 2 rings (SSSR count). The van der Waals surface area contributed by atoms with Crippen molar-refractivity contribution in [3.63, 3.8) is 0 Å². The van der Waals surface area contributed by atoms with Crippen LogP contribution in [0.25, 0.3) is 0 Å². The zero-order valence-corrected chi connectivity index (χ0v) is 15.1. The van der Waals surface area contributed by atoms with Gasteiger partial charge in [0.15, 0.2) is 23.3 Å². The molecule has 27 heavy (non-hydrogen) atoms. The van der Waals surface area contributed by atoms with Crippen molar-refractivity contribution in [2.24, 2.45) is 0 Å². The van der Waals surface area contributed by atoms with Crippen molar-refractivity contribution in [2.75, 3.05) is 7.11 Å². The topological polar surface area (TPSA) is 58.6 Å². The van der Waals surface area contributed by atoms with Crippen LogP contribution in [-0.2, 0) is 16.0 Å². The van der Waals surface area contributed by atoms with Gasteiger partial charge in [0.1, 0.15) is 0 Å². The van der Waals surface area contributed by atoms with Crippen molar-refractivity contribution in [3.8, 4) is 0 Å². The summed E-state index contributed by atoms with van der Waals surface area (Å²) in [5.74, 6) is -6.77. The van der Waals surface area contributed by atoms with Gasteiger partial charge in [-0.1, -0.05) is 23.7 Å². The lowest BCUT2D eigenvalue weighted by atomic mass is 10.0. The number of amides is 1. The first-order valence-electron chi connectivity index (χ1n) is 7.77. The smallest absolute Gasteiger partial charge is 0.245 e.